The molecule has 4 aromatic rings. The lowest BCUT2D eigenvalue weighted by atomic mass is 9.98. The number of aromatic nitrogens is 1. The topological polar surface area (TPSA) is 63.7 Å². The highest BCUT2D eigenvalue weighted by molar-refractivity contribution is 6.07. The molecule has 3 aromatic carbocycles. The van der Waals surface area contributed by atoms with Gasteiger partial charge >= 0.3 is 0 Å². The van der Waals surface area contributed by atoms with Crippen LogP contribution in [0.3, 0.4) is 0 Å². The predicted molar refractivity (Wildman–Crippen MR) is 138 cm³/mol. The number of anilines is 1. The molecule has 0 saturated heterocycles. The number of amides is 1. The highest BCUT2D eigenvalue weighted by atomic mass is 16.5. The number of nitrogens with zero attached hydrogens (tertiary/aromatic N) is 2. The van der Waals surface area contributed by atoms with Crippen LogP contribution in [0.4, 0.5) is 5.82 Å². The van der Waals surface area contributed by atoms with E-state index >= 15 is 0 Å². The Bertz CT molecular complexity index is 1400. The molecular weight excluding hydrogens is 438 g/mol. The predicted octanol–water partition coefficient (Wildman–Crippen LogP) is 5.05. The fourth-order valence-electron chi connectivity index (χ4n) is 4.69. The number of ether oxygens (including phenoxy) is 2. The lowest BCUT2D eigenvalue weighted by molar-refractivity contribution is 0.0952. The normalized spacial score (nSPS) is 12.8. The maximum absolute atomic E-state index is 13.3. The molecule has 1 aliphatic heterocycles. The lowest BCUT2D eigenvalue weighted by Gasteiger charge is -2.31. The summed E-state index contributed by atoms with van der Waals surface area (Å²) in [4.78, 5) is 20.4. The van der Waals surface area contributed by atoms with E-state index < -0.39 is 0 Å². The largest absolute Gasteiger partial charge is 0.493 e. The summed E-state index contributed by atoms with van der Waals surface area (Å²) in [5.74, 6) is 2.16. The molecule has 0 fully saturated rings. The first-order valence-electron chi connectivity index (χ1n) is 11.8. The molecule has 0 unspecified atom stereocenters. The fourth-order valence-corrected chi connectivity index (χ4v) is 4.69. The van der Waals surface area contributed by atoms with E-state index in [0.717, 1.165) is 46.7 Å². The van der Waals surface area contributed by atoms with Crippen molar-refractivity contribution in [3.63, 3.8) is 0 Å². The number of para-hydroxylation sites is 1. The van der Waals surface area contributed by atoms with Gasteiger partial charge in [-0.3, -0.25) is 4.79 Å². The number of carbonyl (C=O) groups excluding carboxylic acids is 1. The summed E-state index contributed by atoms with van der Waals surface area (Å²) in [6.07, 6.45) is 0.860. The number of methoxy groups -OCH3 is 2. The zero-order valence-electron chi connectivity index (χ0n) is 20.3. The quantitative estimate of drug-likeness (QED) is 0.430. The highest BCUT2D eigenvalue weighted by Crippen LogP contribution is 2.35. The monoisotopic (exact) mass is 467 g/mol. The smallest absolute Gasteiger partial charge is 0.252 e. The van der Waals surface area contributed by atoms with Gasteiger partial charge in [-0.05, 0) is 54.3 Å². The first-order valence-corrected chi connectivity index (χ1v) is 11.8. The molecule has 0 aliphatic carbocycles. The van der Waals surface area contributed by atoms with Gasteiger partial charge in [-0.25, -0.2) is 4.98 Å². The highest BCUT2D eigenvalue weighted by Gasteiger charge is 2.22. The number of aryl methyl sites for hydroxylation is 1. The Morgan fingerprint density at radius 2 is 1.74 bits per heavy atom. The van der Waals surface area contributed by atoms with Crippen LogP contribution in [0.1, 0.15) is 32.6 Å². The summed E-state index contributed by atoms with van der Waals surface area (Å²) < 4.78 is 11.0. The molecule has 1 amide bonds. The molecule has 35 heavy (non-hydrogen) atoms. The molecular formula is C29H29N3O3. The van der Waals surface area contributed by atoms with Crippen molar-refractivity contribution in [3.8, 4) is 11.5 Å². The minimum absolute atomic E-state index is 0.102. The van der Waals surface area contributed by atoms with Gasteiger partial charge in [-0.2, -0.15) is 0 Å². The molecule has 0 spiro atoms. The van der Waals surface area contributed by atoms with Crippen LogP contribution >= 0.6 is 0 Å². The third-order valence-corrected chi connectivity index (χ3v) is 6.52. The number of fused-ring (bicyclic) bond motifs is 2. The Morgan fingerprint density at radius 1 is 0.971 bits per heavy atom. The average molecular weight is 468 g/mol. The third-order valence-electron chi connectivity index (χ3n) is 6.52. The number of hydrogen-bond donors (Lipinski definition) is 1. The number of pyridine rings is 1. The van der Waals surface area contributed by atoms with Crippen molar-refractivity contribution in [1.29, 1.82) is 0 Å². The van der Waals surface area contributed by atoms with Gasteiger partial charge in [-0.1, -0.05) is 48.0 Å². The maximum Gasteiger partial charge on any atom is 0.252 e. The number of hydrogen-bond acceptors (Lipinski definition) is 5. The lowest BCUT2D eigenvalue weighted by Crippen LogP contribution is -2.31. The zero-order chi connectivity index (χ0) is 24.4. The van der Waals surface area contributed by atoms with Crippen LogP contribution in [-0.4, -0.2) is 31.7 Å². The molecule has 178 valence electrons. The summed E-state index contributed by atoms with van der Waals surface area (Å²) in [7, 11) is 3.31. The molecule has 1 N–H and O–H groups in total. The van der Waals surface area contributed by atoms with Gasteiger partial charge in [0, 0.05) is 25.0 Å². The Balaban J connectivity index is 1.45. The minimum atomic E-state index is -0.102. The Labute approximate surface area is 205 Å². The minimum Gasteiger partial charge on any atom is -0.493 e. The van der Waals surface area contributed by atoms with Gasteiger partial charge in [-0.15, -0.1) is 0 Å². The van der Waals surface area contributed by atoms with Crippen LogP contribution in [0.2, 0.25) is 0 Å². The van der Waals surface area contributed by atoms with Crippen LogP contribution in [0.25, 0.3) is 10.9 Å². The molecule has 6 heteroatoms. The van der Waals surface area contributed by atoms with Crippen LogP contribution in [0.5, 0.6) is 11.5 Å². The summed E-state index contributed by atoms with van der Waals surface area (Å²) in [5.41, 5.74) is 6.12. The number of carbonyl (C=O) groups is 1. The van der Waals surface area contributed by atoms with Crippen LogP contribution < -0.4 is 19.7 Å². The van der Waals surface area contributed by atoms with Crippen LogP contribution in [-0.2, 0) is 19.5 Å². The van der Waals surface area contributed by atoms with Crippen molar-refractivity contribution in [2.75, 3.05) is 25.7 Å². The van der Waals surface area contributed by atoms with Crippen molar-refractivity contribution < 1.29 is 14.3 Å². The summed E-state index contributed by atoms with van der Waals surface area (Å²) in [6.45, 7) is 4.02. The second-order valence-corrected chi connectivity index (χ2v) is 8.86. The van der Waals surface area contributed by atoms with E-state index in [2.05, 4.69) is 35.3 Å². The van der Waals surface area contributed by atoms with Gasteiger partial charge in [0.1, 0.15) is 5.82 Å². The molecule has 0 saturated carbocycles. The molecule has 2 heterocycles. The van der Waals surface area contributed by atoms with Crippen molar-refractivity contribution in [1.82, 2.24) is 10.3 Å². The molecule has 0 radical (unpaired) electrons. The average Bonchev–Trinajstić information content (AvgIpc) is 2.90. The molecule has 0 atom stereocenters. The van der Waals surface area contributed by atoms with Crippen molar-refractivity contribution in [3.05, 3.63) is 94.5 Å². The Morgan fingerprint density at radius 3 is 2.51 bits per heavy atom. The third kappa shape index (κ3) is 4.64. The van der Waals surface area contributed by atoms with Crippen molar-refractivity contribution in [2.24, 2.45) is 0 Å². The second kappa shape index (κ2) is 9.66. The van der Waals surface area contributed by atoms with E-state index in [9.17, 15) is 4.79 Å². The van der Waals surface area contributed by atoms with E-state index in [0.29, 0.717) is 18.7 Å². The van der Waals surface area contributed by atoms with E-state index in [1.165, 1.54) is 16.7 Å². The van der Waals surface area contributed by atoms with Gasteiger partial charge < -0.3 is 19.7 Å². The maximum atomic E-state index is 13.3. The summed E-state index contributed by atoms with van der Waals surface area (Å²) in [6, 6.07) is 22.0. The standard InChI is InChI=1S/C29H29N3O3/c1-19-7-6-8-20(13-19)17-30-29(33)24-16-28(31-25-10-5-4-9-23(24)25)32-12-11-21-14-26(34-2)27(35-3)15-22(21)18-32/h4-10,13-16H,11-12,17-18H2,1-3H3,(H,30,33). The Hall–Kier alpha value is -4.06. The van der Waals surface area contributed by atoms with Crippen LogP contribution in [0.15, 0.2) is 66.7 Å². The fraction of sp³-hybridized carbons (Fsp3) is 0.241. The van der Waals surface area contributed by atoms with E-state index in [1.54, 1.807) is 14.2 Å². The first kappa shape index (κ1) is 22.7. The SMILES string of the molecule is COc1cc2c(cc1OC)CN(c1cc(C(=O)NCc3cccc(C)c3)c3ccccc3n1)CC2. The molecule has 6 nitrogen and oxygen atoms in total. The number of rotatable bonds is 6. The second-order valence-electron chi connectivity index (χ2n) is 8.86. The Kier molecular flexibility index (Phi) is 6.27. The van der Waals surface area contributed by atoms with Crippen molar-refractivity contribution in [2.45, 2.75) is 26.4 Å². The van der Waals surface area contributed by atoms with Crippen LogP contribution in [0, 0.1) is 6.92 Å². The van der Waals surface area contributed by atoms with E-state index in [4.69, 9.17) is 14.5 Å². The number of nitrogens with one attached hydrogen (secondary N) is 1. The molecule has 1 aliphatic rings. The molecule has 1 aromatic heterocycles. The van der Waals surface area contributed by atoms with Gasteiger partial charge in [0.25, 0.3) is 5.91 Å². The summed E-state index contributed by atoms with van der Waals surface area (Å²) in [5, 5.41) is 3.94. The molecule has 5 rings (SSSR count). The van der Waals surface area contributed by atoms with E-state index in [1.807, 2.05) is 48.5 Å². The van der Waals surface area contributed by atoms with E-state index in [-0.39, 0.29) is 5.91 Å². The summed E-state index contributed by atoms with van der Waals surface area (Å²) >= 11 is 0. The van der Waals surface area contributed by atoms with Crippen molar-refractivity contribution >= 4 is 22.6 Å². The number of benzene rings is 3. The zero-order valence-corrected chi connectivity index (χ0v) is 20.3. The van der Waals surface area contributed by atoms with Gasteiger partial charge in [0.2, 0.25) is 0 Å². The van der Waals surface area contributed by atoms with Gasteiger partial charge in [0.05, 0.1) is 25.3 Å². The molecule has 0 bridgehead atoms. The van der Waals surface area contributed by atoms with Gasteiger partial charge in [0.15, 0.2) is 11.5 Å². The first-order chi connectivity index (χ1) is 17.1.